The molecule has 0 saturated carbocycles. The van der Waals surface area contributed by atoms with Gasteiger partial charge in [-0.3, -0.25) is 0 Å². The molecule has 0 amide bonds. The molecule has 21 heavy (non-hydrogen) atoms. The van der Waals surface area contributed by atoms with Gasteiger partial charge in [0.15, 0.2) is 0 Å². The van der Waals surface area contributed by atoms with Gasteiger partial charge in [-0.2, -0.15) is 0 Å². The average molecular weight is 303 g/mol. The van der Waals surface area contributed by atoms with Crippen molar-refractivity contribution in [3.63, 3.8) is 0 Å². The maximum atomic E-state index is 5.80. The van der Waals surface area contributed by atoms with Gasteiger partial charge in [0.1, 0.15) is 0 Å². The van der Waals surface area contributed by atoms with Crippen LogP contribution < -0.4 is 5.32 Å². The van der Waals surface area contributed by atoms with Crippen molar-refractivity contribution in [2.24, 2.45) is 0 Å². The highest BCUT2D eigenvalue weighted by Crippen LogP contribution is 2.34. The predicted molar refractivity (Wildman–Crippen MR) is 91.2 cm³/mol. The van der Waals surface area contributed by atoms with Gasteiger partial charge in [0.05, 0.1) is 6.10 Å². The van der Waals surface area contributed by atoms with Crippen LogP contribution in [0.1, 0.15) is 49.1 Å². The van der Waals surface area contributed by atoms with Gasteiger partial charge in [0, 0.05) is 22.2 Å². The van der Waals surface area contributed by atoms with Crippen LogP contribution in [0.5, 0.6) is 0 Å². The molecule has 2 aromatic rings. The van der Waals surface area contributed by atoms with E-state index in [4.69, 9.17) is 4.74 Å². The Kier molecular flexibility index (Phi) is 4.94. The number of aryl methyl sites for hydroxylation is 1. The first-order chi connectivity index (χ1) is 10.3. The van der Waals surface area contributed by atoms with E-state index in [1.807, 2.05) is 11.3 Å². The number of rotatable bonds is 5. The molecule has 2 unspecified atom stereocenters. The van der Waals surface area contributed by atoms with Gasteiger partial charge in [-0.15, -0.1) is 11.3 Å². The van der Waals surface area contributed by atoms with Crippen LogP contribution in [0.25, 0.3) is 10.1 Å². The summed E-state index contributed by atoms with van der Waals surface area (Å²) >= 11 is 1.92. The van der Waals surface area contributed by atoms with Crippen LogP contribution in [0.2, 0.25) is 0 Å². The zero-order valence-electron chi connectivity index (χ0n) is 13.0. The fourth-order valence-electron chi connectivity index (χ4n) is 3.19. The normalized spacial score (nSPS) is 20.8. The Morgan fingerprint density at radius 3 is 2.95 bits per heavy atom. The molecule has 3 rings (SSSR count). The molecule has 1 saturated heterocycles. The SMILES string of the molecule is Cc1c(C(C)NCCC2CCCCO2)sc2ccccc12. The highest BCUT2D eigenvalue weighted by atomic mass is 32.1. The fourth-order valence-corrected chi connectivity index (χ4v) is 4.43. The van der Waals surface area contributed by atoms with Crippen molar-refractivity contribution in [1.82, 2.24) is 5.32 Å². The molecular formula is C18H25NOS. The molecular weight excluding hydrogens is 278 g/mol. The van der Waals surface area contributed by atoms with Gasteiger partial charge in [-0.1, -0.05) is 18.2 Å². The van der Waals surface area contributed by atoms with E-state index >= 15 is 0 Å². The molecule has 114 valence electrons. The van der Waals surface area contributed by atoms with E-state index in [0.29, 0.717) is 12.1 Å². The van der Waals surface area contributed by atoms with Crippen molar-refractivity contribution in [1.29, 1.82) is 0 Å². The first-order valence-electron chi connectivity index (χ1n) is 8.08. The molecule has 1 aliphatic heterocycles. The summed E-state index contributed by atoms with van der Waals surface area (Å²) in [6.07, 6.45) is 5.41. The maximum Gasteiger partial charge on any atom is 0.0587 e. The molecule has 3 heteroatoms. The lowest BCUT2D eigenvalue weighted by Gasteiger charge is -2.23. The third-order valence-electron chi connectivity index (χ3n) is 4.46. The Bertz CT molecular complexity index is 586. The minimum Gasteiger partial charge on any atom is -0.378 e. The Morgan fingerprint density at radius 2 is 2.19 bits per heavy atom. The number of benzene rings is 1. The van der Waals surface area contributed by atoms with Crippen molar-refractivity contribution in [2.75, 3.05) is 13.2 Å². The van der Waals surface area contributed by atoms with E-state index in [2.05, 4.69) is 43.4 Å². The maximum absolute atomic E-state index is 5.80. The van der Waals surface area contributed by atoms with E-state index in [0.717, 1.165) is 19.6 Å². The number of fused-ring (bicyclic) bond motifs is 1. The summed E-state index contributed by atoms with van der Waals surface area (Å²) in [5, 5.41) is 5.08. The summed E-state index contributed by atoms with van der Waals surface area (Å²) in [5.74, 6) is 0. The third kappa shape index (κ3) is 3.47. The summed E-state index contributed by atoms with van der Waals surface area (Å²) in [4.78, 5) is 1.47. The second-order valence-electron chi connectivity index (χ2n) is 6.04. The van der Waals surface area contributed by atoms with Crippen LogP contribution in [0, 0.1) is 6.92 Å². The Balaban J connectivity index is 1.58. The Labute approximate surface area is 131 Å². The number of hydrogen-bond acceptors (Lipinski definition) is 3. The predicted octanol–water partition coefficient (Wildman–Crippen LogP) is 4.82. The van der Waals surface area contributed by atoms with Crippen LogP contribution in [0.3, 0.4) is 0 Å². The summed E-state index contributed by atoms with van der Waals surface area (Å²) in [7, 11) is 0. The molecule has 0 radical (unpaired) electrons. The lowest BCUT2D eigenvalue weighted by molar-refractivity contribution is 0.0113. The van der Waals surface area contributed by atoms with Crippen molar-refractivity contribution in [2.45, 2.75) is 51.7 Å². The zero-order valence-corrected chi connectivity index (χ0v) is 13.8. The first-order valence-corrected chi connectivity index (χ1v) is 8.90. The van der Waals surface area contributed by atoms with Crippen molar-refractivity contribution in [3.05, 3.63) is 34.7 Å². The topological polar surface area (TPSA) is 21.3 Å². The molecule has 1 aromatic carbocycles. The second kappa shape index (κ2) is 6.91. The fraction of sp³-hybridized carbons (Fsp3) is 0.556. The average Bonchev–Trinajstić information content (AvgIpc) is 2.86. The van der Waals surface area contributed by atoms with Crippen molar-refractivity contribution >= 4 is 21.4 Å². The minimum absolute atomic E-state index is 0.422. The molecule has 2 heterocycles. The lowest BCUT2D eigenvalue weighted by Crippen LogP contribution is -2.26. The van der Waals surface area contributed by atoms with Gasteiger partial charge in [-0.25, -0.2) is 0 Å². The minimum atomic E-state index is 0.422. The molecule has 2 nitrogen and oxygen atoms in total. The van der Waals surface area contributed by atoms with Gasteiger partial charge >= 0.3 is 0 Å². The van der Waals surface area contributed by atoms with E-state index in [9.17, 15) is 0 Å². The van der Waals surface area contributed by atoms with Crippen LogP contribution >= 0.6 is 11.3 Å². The largest absolute Gasteiger partial charge is 0.378 e. The second-order valence-corrected chi connectivity index (χ2v) is 7.12. The lowest BCUT2D eigenvalue weighted by atomic mass is 10.1. The quantitative estimate of drug-likeness (QED) is 0.855. The molecule has 2 atom stereocenters. The third-order valence-corrected chi connectivity index (χ3v) is 5.92. The molecule has 0 aliphatic carbocycles. The zero-order chi connectivity index (χ0) is 14.7. The van der Waals surface area contributed by atoms with Crippen molar-refractivity contribution < 1.29 is 4.74 Å². The van der Waals surface area contributed by atoms with Crippen LogP contribution in [0.4, 0.5) is 0 Å². The Morgan fingerprint density at radius 1 is 1.33 bits per heavy atom. The Hall–Kier alpha value is -0.900. The summed E-state index contributed by atoms with van der Waals surface area (Å²) in [6.45, 7) is 6.52. The van der Waals surface area contributed by atoms with Gasteiger partial charge in [-0.05, 0) is 63.1 Å². The van der Waals surface area contributed by atoms with Gasteiger partial charge in [0.2, 0.25) is 0 Å². The summed E-state index contributed by atoms with van der Waals surface area (Å²) < 4.78 is 7.20. The molecule has 1 aliphatic rings. The molecule has 1 N–H and O–H groups in total. The van der Waals surface area contributed by atoms with E-state index in [1.165, 1.54) is 39.8 Å². The molecule has 1 fully saturated rings. The monoisotopic (exact) mass is 303 g/mol. The summed E-state index contributed by atoms with van der Waals surface area (Å²) in [6, 6.07) is 9.13. The van der Waals surface area contributed by atoms with E-state index < -0.39 is 0 Å². The number of nitrogens with one attached hydrogen (secondary N) is 1. The smallest absolute Gasteiger partial charge is 0.0587 e. The van der Waals surface area contributed by atoms with Gasteiger partial charge < -0.3 is 10.1 Å². The highest BCUT2D eigenvalue weighted by molar-refractivity contribution is 7.19. The summed E-state index contributed by atoms with van der Waals surface area (Å²) in [5.41, 5.74) is 1.43. The van der Waals surface area contributed by atoms with Gasteiger partial charge in [0.25, 0.3) is 0 Å². The highest BCUT2D eigenvalue weighted by Gasteiger charge is 2.16. The number of hydrogen-bond donors (Lipinski definition) is 1. The van der Waals surface area contributed by atoms with Crippen molar-refractivity contribution in [3.8, 4) is 0 Å². The number of ether oxygens (including phenoxy) is 1. The van der Waals surface area contributed by atoms with E-state index in [1.54, 1.807) is 0 Å². The molecule has 0 bridgehead atoms. The van der Waals surface area contributed by atoms with Crippen LogP contribution in [0.15, 0.2) is 24.3 Å². The van der Waals surface area contributed by atoms with Crippen LogP contribution in [-0.2, 0) is 4.74 Å². The van der Waals surface area contributed by atoms with Crippen LogP contribution in [-0.4, -0.2) is 19.3 Å². The first kappa shape index (κ1) is 15.0. The molecule has 1 aromatic heterocycles. The number of thiophene rings is 1. The standard InChI is InChI=1S/C18H25NOS/c1-13-16-8-3-4-9-17(16)21-18(13)14(2)19-11-10-15-7-5-6-12-20-15/h3-4,8-9,14-15,19H,5-7,10-12H2,1-2H3. The molecule has 0 spiro atoms. The van der Waals surface area contributed by atoms with E-state index in [-0.39, 0.29) is 0 Å².